The van der Waals surface area contributed by atoms with Gasteiger partial charge in [-0.05, 0) is 88.4 Å². The molecule has 1 fully saturated rings. The number of halogens is 1. The smallest absolute Gasteiger partial charge is 0.264 e. The number of thioether (sulfide) groups is 1. The highest BCUT2D eigenvalue weighted by atomic mass is 32.2. The lowest BCUT2D eigenvalue weighted by Gasteiger charge is -2.25. The quantitative estimate of drug-likeness (QED) is 0.764. The second kappa shape index (κ2) is 6.76. The van der Waals surface area contributed by atoms with Gasteiger partial charge in [0, 0.05) is 16.9 Å². The number of nitrogens with one attached hydrogen (secondary N) is 1. The Morgan fingerprint density at radius 3 is 2.42 bits per heavy atom. The zero-order chi connectivity index (χ0) is 19.1. The number of nitrogens with zero attached hydrogens (tertiary/aromatic N) is 2. The van der Waals surface area contributed by atoms with Gasteiger partial charge in [0.2, 0.25) is 0 Å². The summed E-state index contributed by atoms with van der Waals surface area (Å²) in [5.74, 6) is -0.483. The molecule has 1 aliphatic rings. The summed E-state index contributed by atoms with van der Waals surface area (Å²) in [4.78, 5) is 17.2. The lowest BCUT2D eigenvalue weighted by Crippen LogP contribution is -2.24. The van der Waals surface area contributed by atoms with Crippen molar-refractivity contribution in [2.75, 3.05) is 0 Å². The van der Waals surface area contributed by atoms with Gasteiger partial charge in [0.25, 0.3) is 5.91 Å². The van der Waals surface area contributed by atoms with E-state index >= 15 is 0 Å². The highest BCUT2D eigenvalue weighted by Crippen LogP contribution is 2.31. The van der Waals surface area contributed by atoms with Gasteiger partial charge in [-0.25, -0.2) is 9.38 Å². The molecule has 26 heavy (non-hydrogen) atoms. The van der Waals surface area contributed by atoms with E-state index in [0.717, 1.165) is 17.0 Å². The number of amides is 1. The van der Waals surface area contributed by atoms with Crippen LogP contribution in [0.2, 0.25) is 0 Å². The maximum Gasteiger partial charge on any atom is 0.264 e. The van der Waals surface area contributed by atoms with Gasteiger partial charge in [-0.3, -0.25) is 4.79 Å². The number of benzene rings is 1. The topological polar surface area (TPSA) is 46.4 Å². The first-order valence-corrected chi connectivity index (χ1v) is 9.21. The number of rotatable bonds is 2. The summed E-state index contributed by atoms with van der Waals surface area (Å²) in [5.41, 5.74) is 3.88. The minimum absolute atomic E-state index is 0.0226. The average Bonchev–Trinajstić information content (AvgIpc) is 3.01. The summed E-state index contributed by atoms with van der Waals surface area (Å²) < 4.78 is 15.3. The molecule has 0 saturated carbocycles. The zero-order valence-electron chi connectivity index (χ0n) is 15.6. The van der Waals surface area contributed by atoms with E-state index < -0.39 is 0 Å². The third kappa shape index (κ3) is 3.75. The number of carbonyl (C=O) groups excluding carboxylic acids is 1. The van der Waals surface area contributed by atoms with E-state index in [2.05, 4.69) is 55.6 Å². The second-order valence-corrected chi connectivity index (χ2v) is 8.32. The Morgan fingerprint density at radius 2 is 1.85 bits per heavy atom. The Bertz CT molecular complexity index is 918. The maximum atomic E-state index is 13.0. The number of carbonyl (C=O) groups is 1. The normalized spacial score (nSPS) is 18.0. The summed E-state index contributed by atoms with van der Waals surface area (Å²) in [5, 5.41) is 3.26. The number of amidine groups is 1. The minimum atomic E-state index is -0.313. The van der Waals surface area contributed by atoms with E-state index in [1.165, 1.54) is 23.9 Å². The number of aliphatic imine (C=N–C) groups is 1. The fraction of sp³-hybridized carbons (Fsp3) is 0.300. The largest absolute Gasteiger partial charge is 0.343 e. The number of hydrogen-bond acceptors (Lipinski definition) is 3. The minimum Gasteiger partial charge on any atom is -0.343 e. The fourth-order valence-electron chi connectivity index (χ4n) is 3.22. The van der Waals surface area contributed by atoms with Crippen LogP contribution in [-0.4, -0.2) is 15.6 Å². The average molecular weight is 371 g/mol. The van der Waals surface area contributed by atoms with Crippen LogP contribution in [0.4, 0.5) is 10.1 Å². The molecule has 136 valence electrons. The third-order valence-corrected chi connectivity index (χ3v) is 5.05. The van der Waals surface area contributed by atoms with Crippen LogP contribution in [0.25, 0.3) is 6.08 Å². The van der Waals surface area contributed by atoms with Gasteiger partial charge in [0.1, 0.15) is 5.82 Å². The standard InChI is InChI=1S/C20H22FN3OS/c1-12-10-14(13(2)24(12)20(3,4)5)11-17-18(25)23-19(26-17)22-16-8-6-15(21)7-9-16/h6-11H,1-5H3,(H,22,23,25)/b17-11+. The van der Waals surface area contributed by atoms with Crippen molar-refractivity contribution >= 4 is 34.6 Å². The van der Waals surface area contributed by atoms with Crippen LogP contribution in [0.15, 0.2) is 40.2 Å². The molecule has 0 bridgehead atoms. The van der Waals surface area contributed by atoms with Crippen LogP contribution in [0.1, 0.15) is 37.7 Å². The zero-order valence-corrected chi connectivity index (χ0v) is 16.4. The van der Waals surface area contributed by atoms with Crippen LogP contribution in [0.5, 0.6) is 0 Å². The van der Waals surface area contributed by atoms with Crippen molar-refractivity contribution in [3.63, 3.8) is 0 Å². The molecule has 0 atom stereocenters. The molecule has 4 nitrogen and oxygen atoms in total. The number of aromatic nitrogens is 1. The Labute approximate surface area is 157 Å². The molecule has 1 aromatic carbocycles. The Balaban J connectivity index is 1.89. The fourth-order valence-corrected chi connectivity index (χ4v) is 4.05. The molecule has 0 unspecified atom stereocenters. The van der Waals surface area contributed by atoms with Gasteiger partial charge in [-0.2, -0.15) is 0 Å². The van der Waals surface area contributed by atoms with Crippen molar-refractivity contribution in [1.29, 1.82) is 0 Å². The Hall–Kier alpha value is -2.34. The first kappa shape index (κ1) is 18.5. The van der Waals surface area contributed by atoms with Crippen LogP contribution < -0.4 is 5.32 Å². The van der Waals surface area contributed by atoms with Gasteiger partial charge < -0.3 is 9.88 Å². The molecule has 1 N–H and O–H groups in total. The predicted molar refractivity (Wildman–Crippen MR) is 106 cm³/mol. The molecule has 1 aliphatic heterocycles. The Morgan fingerprint density at radius 1 is 1.19 bits per heavy atom. The Kier molecular flexibility index (Phi) is 4.80. The van der Waals surface area contributed by atoms with Crippen molar-refractivity contribution in [2.45, 2.75) is 40.2 Å². The van der Waals surface area contributed by atoms with Crippen LogP contribution >= 0.6 is 11.8 Å². The van der Waals surface area contributed by atoms with E-state index in [4.69, 9.17) is 0 Å². The number of hydrogen-bond donors (Lipinski definition) is 1. The lowest BCUT2D eigenvalue weighted by molar-refractivity contribution is -0.115. The van der Waals surface area contributed by atoms with Crippen LogP contribution in [0.3, 0.4) is 0 Å². The van der Waals surface area contributed by atoms with E-state index in [0.29, 0.717) is 15.8 Å². The monoisotopic (exact) mass is 371 g/mol. The first-order chi connectivity index (χ1) is 12.1. The summed E-state index contributed by atoms with van der Waals surface area (Å²) >= 11 is 1.29. The van der Waals surface area contributed by atoms with Crippen molar-refractivity contribution in [2.24, 2.45) is 4.99 Å². The van der Waals surface area contributed by atoms with Crippen molar-refractivity contribution in [1.82, 2.24) is 9.88 Å². The van der Waals surface area contributed by atoms with Crippen LogP contribution in [-0.2, 0) is 10.3 Å². The van der Waals surface area contributed by atoms with Gasteiger partial charge in [-0.15, -0.1) is 0 Å². The molecule has 1 amide bonds. The molecule has 0 spiro atoms. The molecule has 2 aromatic rings. The van der Waals surface area contributed by atoms with E-state index in [9.17, 15) is 9.18 Å². The second-order valence-electron chi connectivity index (χ2n) is 7.29. The summed E-state index contributed by atoms with van der Waals surface area (Å²) in [6.07, 6.45) is 1.90. The van der Waals surface area contributed by atoms with E-state index in [-0.39, 0.29) is 17.3 Å². The first-order valence-electron chi connectivity index (χ1n) is 8.40. The molecule has 6 heteroatoms. The molecule has 2 heterocycles. The lowest BCUT2D eigenvalue weighted by atomic mass is 10.1. The highest BCUT2D eigenvalue weighted by Gasteiger charge is 2.25. The predicted octanol–water partition coefficient (Wildman–Crippen LogP) is 4.89. The molecule has 1 aromatic heterocycles. The molecule has 3 rings (SSSR count). The van der Waals surface area contributed by atoms with Crippen molar-refractivity contribution < 1.29 is 9.18 Å². The van der Waals surface area contributed by atoms with E-state index in [1.807, 2.05) is 6.08 Å². The summed E-state index contributed by atoms with van der Waals surface area (Å²) in [6.45, 7) is 10.6. The highest BCUT2D eigenvalue weighted by molar-refractivity contribution is 8.18. The SMILES string of the molecule is Cc1cc(/C=C2/SC(=Nc3ccc(F)cc3)NC2=O)c(C)n1C(C)(C)C. The summed E-state index contributed by atoms with van der Waals surface area (Å²) in [7, 11) is 0. The number of aryl methyl sites for hydroxylation is 1. The van der Waals surface area contributed by atoms with Crippen LogP contribution in [0, 0.1) is 19.7 Å². The van der Waals surface area contributed by atoms with Crippen molar-refractivity contribution in [3.8, 4) is 0 Å². The van der Waals surface area contributed by atoms with Gasteiger partial charge >= 0.3 is 0 Å². The van der Waals surface area contributed by atoms with Crippen molar-refractivity contribution in [3.05, 3.63) is 58.0 Å². The van der Waals surface area contributed by atoms with Gasteiger partial charge in [0.15, 0.2) is 5.17 Å². The molecular weight excluding hydrogens is 349 g/mol. The third-order valence-electron chi connectivity index (χ3n) is 4.14. The maximum absolute atomic E-state index is 13.0. The molecule has 0 radical (unpaired) electrons. The van der Waals surface area contributed by atoms with E-state index in [1.54, 1.807) is 12.1 Å². The molecule has 1 saturated heterocycles. The van der Waals surface area contributed by atoms with Gasteiger partial charge in [0.05, 0.1) is 10.6 Å². The molecular formula is C20H22FN3OS. The molecule has 0 aliphatic carbocycles. The van der Waals surface area contributed by atoms with Gasteiger partial charge in [-0.1, -0.05) is 0 Å². The summed E-state index contributed by atoms with van der Waals surface area (Å²) in [6, 6.07) is 7.94.